The number of amides is 1. The molecule has 17 atom stereocenters. The minimum absolute atomic E-state index is 0.248. The first-order valence-electron chi connectivity index (χ1n) is 41.6. The number of rotatable bonds is 67. The second-order valence-electron chi connectivity index (χ2n) is 29.9. The molecule has 3 saturated heterocycles. The SMILES string of the molecule is CCCCCCCCCC/C=C\CCCCCCCCCCCCCCCCCCCCCC(=O)NC(COC1OC(CO)C(OC2OC(CO)C(OC3OC(CO)C(O)C(O)C3O)C(O)C2O)C(O)C1O)C(O)/C=C/CCCCCCCCCCCCCCCCCCCCCCCC. The van der Waals surface area contributed by atoms with Crippen molar-refractivity contribution in [2.45, 2.75) is 458 Å². The van der Waals surface area contributed by atoms with Crippen molar-refractivity contribution in [1.82, 2.24) is 5.32 Å². The van der Waals surface area contributed by atoms with Crippen LogP contribution in [0, 0.1) is 0 Å². The number of unbranched alkanes of at least 4 members (excludes halogenated alkanes) is 49. The fraction of sp³-hybridized carbons (Fsp3) is 0.938. The summed E-state index contributed by atoms with van der Waals surface area (Å²) in [6.07, 6.45) is 48.8. The Kier molecular flexibility index (Phi) is 57.6. The van der Waals surface area contributed by atoms with Gasteiger partial charge in [0.1, 0.15) is 73.2 Å². The van der Waals surface area contributed by atoms with Crippen molar-refractivity contribution in [2.75, 3.05) is 26.4 Å². The number of hydrogen-bond donors (Lipinski definition) is 12. The number of ether oxygens (including phenoxy) is 6. The van der Waals surface area contributed by atoms with Gasteiger partial charge in [-0.3, -0.25) is 4.79 Å². The maximum absolute atomic E-state index is 13.5. The second-order valence-corrected chi connectivity index (χ2v) is 29.9. The lowest BCUT2D eigenvalue weighted by molar-refractivity contribution is -0.379. The van der Waals surface area contributed by atoms with Gasteiger partial charge in [-0.1, -0.05) is 327 Å². The molecule has 0 aromatic heterocycles. The summed E-state index contributed by atoms with van der Waals surface area (Å²) in [4.78, 5) is 13.5. The fourth-order valence-electron chi connectivity index (χ4n) is 14.3. The number of carbonyl (C=O) groups excluding carboxylic acids is 1. The van der Waals surface area contributed by atoms with Crippen LogP contribution in [-0.2, 0) is 33.2 Å². The van der Waals surface area contributed by atoms with Crippen LogP contribution in [0.15, 0.2) is 24.3 Å². The van der Waals surface area contributed by atoms with Crippen molar-refractivity contribution in [2.24, 2.45) is 0 Å². The minimum Gasteiger partial charge on any atom is -0.394 e. The molecule has 0 aromatic rings. The molecule has 0 spiro atoms. The number of carbonyl (C=O) groups is 1. The summed E-state index contributed by atoms with van der Waals surface area (Å²) in [5.41, 5.74) is 0. The van der Waals surface area contributed by atoms with Crippen molar-refractivity contribution in [1.29, 1.82) is 0 Å². The zero-order chi connectivity index (χ0) is 72.5. The molecule has 100 heavy (non-hydrogen) atoms. The Bertz CT molecular complexity index is 1900. The Labute approximate surface area is 607 Å². The van der Waals surface area contributed by atoms with E-state index < -0.39 is 124 Å². The lowest BCUT2D eigenvalue weighted by Crippen LogP contribution is -2.66. The first kappa shape index (κ1) is 92.5. The highest BCUT2D eigenvalue weighted by molar-refractivity contribution is 5.76. The molecule has 0 saturated carbocycles. The third-order valence-corrected chi connectivity index (χ3v) is 21.0. The van der Waals surface area contributed by atoms with Crippen LogP contribution >= 0.6 is 0 Å². The van der Waals surface area contributed by atoms with Gasteiger partial charge in [-0.15, -0.1) is 0 Å². The molecule has 17 unspecified atom stereocenters. The highest BCUT2D eigenvalue weighted by Gasteiger charge is 2.54. The monoisotopic (exact) mass is 1430 g/mol. The smallest absolute Gasteiger partial charge is 0.220 e. The second kappa shape index (κ2) is 62.3. The Morgan fingerprint density at radius 2 is 0.630 bits per heavy atom. The summed E-state index contributed by atoms with van der Waals surface area (Å²) < 4.78 is 34.5. The van der Waals surface area contributed by atoms with Crippen LogP contribution in [-0.4, -0.2) is 193 Å². The van der Waals surface area contributed by atoms with Crippen molar-refractivity contribution >= 4 is 5.91 Å². The number of nitrogens with one attached hydrogen (secondary N) is 1. The number of aliphatic hydroxyl groups is 11. The Morgan fingerprint density at radius 3 is 0.970 bits per heavy atom. The summed E-state index contributed by atoms with van der Waals surface area (Å²) >= 11 is 0. The number of allylic oxidation sites excluding steroid dienone is 3. The fourth-order valence-corrected chi connectivity index (χ4v) is 14.3. The van der Waals surface area contributed by atoms with Crippen LogP contribution in [0.25, 0.3) is 0 Å². The highest BCUT2D eigenvalue weighted by Crippen LogP contribution is 2.33. The van der Waals surface area contributed by atoms with Gasteiger partial charge >= 0.3 is 0 Å². The van der Waals surface area contributed by atoms with E-state index in [-0.39, 0.29) is 18.9 Å². The Hall–Kier alpha value is -1.73. The standard InChI is InChI=1S/C81H153NO18/c1-3-5-7-9-11-13-15-17-19-21-23-25-27-29-30-31-32-33-34-35-37-39-41-43-45-47-49-51-53-55-57-59-69(87)82-64(65(86)58-56-54-52-50-48-46-44-42-40-38-36-28-26-24-22-20-18-16-14-12-10-8-6-4-2)63-95-79-75(93)72(90)77(67(61-84)97-79)100-81-76(94)73(91)78(68(62-85)98-81)99-80-74(92)71(89)70(88)66(60-83)96-80/h21,23,56,58,64-68,70-81,83-86,88-94H,3-20,22,24-55,57,59-63H2,1-2H3,(H,82,87)/b23-21-,58-56+. The molecule has 0 aromatic carbocycles. The molecular formula is C81H153NO18. The van der Waals surface area contributed by atoms with E-state index >= 15 is 0 Å². The first-order valence-corrected chi connectivity index (χ1v) is 41.6. The molecule has 3 rings (SSSR count). The topological polar surface area (TPSA) is 307 Å². The zero-order valence-corrected chi connectivity index (χ0v) is 63.2. The van der Waals surface area contributed by atoms with E-state index in [2.05, 4.69) is 31.3 Å². The van der Waals surface area contributed by atoms with Gasteiger partial charge in [0, 0.05) is 6.42 Å². The normalized spacial score (nSPS) is 26.5. The summed E-state index contributed by atoms with van der Waals surface area (Å²) in [5, 5.41) is 121. The quantitative estimate of drug-likeness (QED) is 0.0199. The van der Waals surface area contributed by atoms with E-state index in [9.17, 15) is 61.0 Å². The van der Waals surface area contributed by atoms with E-state index in [0.717, 1.165) is 44.9 Å². The van der Waals surface area contributed by atoms with Crippen LogP contribution in [0.3, 0.4) is 0 Å². The molecule has 12 N–H and O–H groups in total. The molecule has 3 aliphatic heterocycles. The van der Waals surface area contributed by atoms with Gasteiger partial charge in [0.05, 0.1) is 38.6 Å². The van der Waals surface area contributed by atoms with Crippen LogP contribution in [0.2, 0.25) is 0 Å². The molecule has 19 heteroatoms. The lowest BCUT2D eigenvalue weighted by Gasteiger charge is -2.48. The van der Waals surface area contributed by atoms with Gasteiger partial charge in [-0.05, 0) is 44.9 Å². The summed E-state index contributed by atoms with van der Waals surface area (Å²) in [6, 6.07) is -0.972. The van der Waals surface area contributed by atoms with Gasteiger partial charge in [0.25, 0.3) is 0 Å². The number of hydrogen-bond acceptors (Lipinski definition) is 18. The Morgan fingerprint density at radius 1 is 0.350 bits per heavy atom. The molecule has 0 aliphatic carbocycles. The molecular weight excluding hydrogens is 1270 g/mol. The molecule has 590 valence electrons. The van der Waals surface area contributed by atoms with Crippen molar-refractivity contribution in [3.05, 3.63) is 24.3 Å². The van der Waals surface area contributed by atoms with Gasteiger partial charge in [0.2, 0.25) is 5.91 Å². The van der Waals surface area contributed by atoms with Crippen LogP contribution in [0.4, 0.5) is 0 Å². The van der Waals surface area contributed by atoms with Crippen molar-refractivity contribution in [3.8, 4) is 0 Å². The zero-order valence-electron chi connectivity index (χ0n) is 63.2. The third kappa shape index (κ3) is 42.0. The van der Waals surface area contributed by atoms with Crippen LogP contribution in [0.1, 0.15) is 354 Å². The average Bonchev–Trinajstić information content (AvgIpc) is 0.783. The third-order valence-electron chi connectivity index (χ3n) is 21.0. The molecule has 1 amide bonds. The Balaban J connectivity index is 1.36. The predicted octanol–water partition coefficient (Wildman–Crippen LogP) is 14.1. The molecule has 0 bridgehead atoms. The highest BCUT2D eigenvalue weighted by atomic mass is 16.8. The van der Waals surface area contributed by atoms with Gasteiger partial charge in [-0.25, -0.2) is 0 Å². The van der Waals surface area contributed by atoms with E-state index in [1.165, 1.54) is 283 Å². The van der Waals surface area contributed by atoms with Crippen molar-refractivity contribution < 1.29 is 89.4 Å². The average molecular weight is 1430 g/mol. The van der Waals surface area contributed by atoms with Crippen LogP contribution in [0.5, 0.6) is 0 Å². The largest absolute Gasteiger partial charge is 0.394 e. The molecule has 3 fully saturated rings. The van der Waals surface area contributed by atoms with Gasteiger partial charge in [-0.2, -0.15) is 0 Å². The molecule has 19 nitrogen and oxygen atoms in total. The van der Waals surface area contributed by atoms with Gasteiger partial charge in [0.15, 0.2) is 18.9 Å². The maximum Gasteiger partial charge on any atom is 0.220 e. The maximum atomic E-state index is 13.5. The van der Waals surface area contributed by atoms with E-state index in [4.69, 9.17) is 28.4 Å². The van der Waals surface area contributed by atoms with Crippen molar-refractivity contribution in [3.63, 3.8) is 0 Å². The van der Waals surface area contributed by atoms with Gasteiger partial charge < -0.3 is 89.9 Å². The molecule has 0 radical (unpaired) electrons. The lowest BCUT2D eigenvalue weighted by atomic mass is 9.96. The summed E-state index contributed by atoms with van der Waals surface area (Å²) in [7, 11) is 0. The van der Waals surface area contributed by atoms with Crippen LogP contribution < -0.4 is 5.32 Å². The summed E-state index contributed by atoms with van der Waals surface area (Å²) in [6.45, 7) is 1.80. The van der Waals surface area contributed by atoms with E-state index in [1.54, 1.807) is 6.08 Å². The predicted molar refractivity (Wildman–Crippen MR) is 397 cm³/mol. The summed E-state index contributed by atoms with van der Waals surface area (Å²) in [5.74, 6) is -0.267. The molecule has 3 aliphatic rings. The van der Waals surface area contributed by atoms with E-state index in [0.29, 0.717) is 6.42 Å². The first-order chi connectivity index (χ1) is 48.8. The number of aliphatic hydroxyl groups excluding tert-OH is 11. The minimum atomic E-state index is -1.98. The van der Waals surface area contributed by atoms with E-state index in [1.807, 2.05) is 6.08 Å². The molecule has 3 heterocycles.